The van der Waals surface area contributed by atoms with Crippen molar-refractivity contribution < 1.29 is 57.2 Å². The van der Waals surface area contributed by atoms with Gasteiger partial charge in [0.2, 0.25) is 6.10 Å². The molecule has 250 valence electrons. The Morgan fingerprint density at radius 1 is 1.11 bits per heavy atom. The van der Waals surface area contributed by atoms with Gasteiger partial charge in [0.05, 0.1) is 26.1 Å². The number of carbonyl (C=O) groups is 5. The Kier molecular flexibility index (Phi) is 7.22. The van der Waals surface area contributed by atoms with Crippen LogP contribution in [0.2, 0.25) is 0 Å². The number of fused-ring (bicyclic) bond motifs is 5. The Morgan fingerprint density at radius 3 is 2.39 bits per heavy atom. The molecular formula is C34H42O12. The number of hydrogen-bond donors (Lipinski definition) is 1. The number of furan rings is 1. The zero-order valence-electron chi connectivity index (χ0n) is 27.4. The summed E-state index contributed by atoms with van der Waals surface area (Å²) in [5.41, 5.74) is -6.29. The van der Waals surface area contributed by atoms with Crippen LogP contribution < -0.4 is 0 Å². The highest BCUT2D eigenvalue weighted by molar-refractivity contribution is 5.99. The van der Waals surface area contributed by atoms with Crippen LogP contribution in [0, 0.1) is 34.0 Å². The monoisotopic (exact) mass is 642 g/mol. The third-order valence-electron chi connectivity index (χ3n) is 12.1. The molecule has 2 bridgehead atoms. The van der Waals surface area contributed by atoms with E-state index in [2.05, 4.69) is 0 Å². The average molecular weight is 643 g/mol. The van der Waals surface area contributed by atoms with E-state index in [1.807, 2.05) is 6.92 Å². The molecule has 46 heavy (non-hydrogen) atoms. The van der Waals surface area contributed by atoms with Crippen molar-refractivity contribution in [2.24, 2.45) is 34.0 Å². The standard InChI is InChI=1S/C34H42O12/c1-9-16(2)25(37)45-28-30(4,5)23(22(26(38)41-8)43-17(3)35)32(7)19-10-12-31(6)20(34(19)29(46-34)33(28,40)27(32)39)14-21(36)44-24(31)18-11-13-42-15-18/h9,11,13,15,19-20,22-24,28-29,40H,10,12,14H2,1-8H3. The second-order valence-electron chi connectivity index (χ2n) is 14.7. The van der Waals surface area contributed by atoms with E-state index in [9.17, 15) is 29.1 Å². The number of ketones is 1. The molecule has 12 nitrogen and oxygen atoms in total. The topological polar surface area (TPSA) is 168 Å². The van der Waals surface area contributed by atoms with Gasteiger partial charge in [-0.1, -0.05) is 33.8 Å². The van der Waals surface area contributed by atoms with Crippen LogP contribution in [0.3, 0.4) is 0 Å². The van der Waals surface area contributed by atoms with Gasteiger partial charge in [0.1, 0.15) is 23.9 Å². The maximum atomic E-state index is 15.0. The molecule has 6 rings (SSSR count). The van der Waals surface area contributed by atoms with Gasteiger partial charge in [-0.25, -0.2) is 9.59 Å². The molecule has 1 aromatic heterocycles. The summed E-state index contributed by atoms with van der Waals surface area (Å²) in [6, 6.07) is 1.74. The van der Waals surface area contributed by atoms with Crippen molar-refractivity contribution in [3.63, 3.8) is 0 Å². The molecule has 3 saturated carbocycles. The number of carbonyl (C=O) groups excluding carboxylic acids is 5. The molecule has 1 spiro atoms. The molecule has 0 radical (unpaired) electrons. The van der Waals surface area contributed by atoms with E-state index >= 15 is 0 Å². The van der Waals surface area contributed by atoms with Crippen LogP contribution in [0.5, 0.6) is 0 Å². The number of cyclic esters (lactones) is 1. The van der Waals surface area contributed by atoms with Crippen molar-refractivity contribution in [3.05, 3.63) is 35.8 Å². The minimum atomic E-state index is -2.36. The highest BCUT2D eigenvalue weighted by atomic mass is 16.6. The predicted molar refractivity (Wildman–Crippen MR) is 156 cm³/mol. The molecule has 11 unspecified atom stereocenters. The van der Waals surface area contributed by atoms with Crippen molar-refractivity contribution in [2.75, 3.05) is 7.11 Å². The maximum absolute atomic E-state index is 15.0. The van der Waals surface area contributed by atoms with Crippen molar-refractivity contribution in [3.8, 4) is 0 Å². The van der Waals surface area contributed by atoms with Crippen LogP contribution >= 0.6 is 0 Å². The van der Waals surface area contributed by atoms with E-state index in [4.69, 9.17) is 28.1 Å². The third kappa shape index (κ3) is 3.95. The normalized spacial score (nSPS) is 42.8. The van der Waals surface area contributed by atoms with E-state index in [1.165, 1.54) is 12.5 Å². The lowest BCUT2D eigenvalue weighted by atomic mass is 9.36. The third-order valence-corrected chi connectivity index (χ3v) is 12.1. The van der Waals surface area contributed by atoms with Gasteiger partial charge in [0, 0.05) is 52.1 Å². The number of Topliss-reactive ketones (excluding diaryl/α,β-unsaturated/α-hetero) is 1. The highest BCUT2D eigenvalue weighted by Gasteiger charge is 2.91. The summed E-state index contributed by atoms with van der Waals surface area (Å²) < 4.78 is 34.7. The summed E-state index contributed by atoms with van der Waals surface area (Å²) >= 11 is 0. The first kappa shape index (κ1) is 32.4. The first-order chi connectivity index (χ1) is 21.5. The lowest BCUT2D eigenvalue weighted by Crippen LogP contribution is -2.81. The molecule has 11 atom stereocenters. The van der Waals surface area contributed by atoms with Crippen LogP contribution in [-0.2, 0) is 47.7 Å². The lowest BCUT2D eigenvalue weighted by molar-refractivity contribution is -0.261. The van der Waals surface area contributed by atoms with Crippen LogP contribution in [-0.4, -0.2) is 71.4 Å². The fourth-order valence-electron chi connectivity index (χ4n) is 10.2. The summed E-state index contributed by atoms with van der Waals surface area (Å²) in [6.07, 6.45) is 0.521. The number of rotatable bonds is 6. The number of ether oxygens (including phenoxy) is 5. The van der Waals surface area contributed by atoms with Gasteiger partial charge in [-0.15, -0.1) is 0 Å². The predicted octanol–water partition coefficient (Wildman–Crippen LogP) is 3.40. The van der Waals surface area contributed by atoms with E-state index in [1.54, 1.807) is 46.8 Å². The van der Waals surface area contributed by atoms with Gasteiger partial charge >= 0.3 is 23.9 Å². The van der Waals surface area contributed by atoms with Crippen molar-refractivity contribution in [1.29, 1.82) is 0 Å². The number of epoxide rings is 1. The van der Waals surface area contributed by atoms with Crippen LogP contribution in [0.1, 0.15) is 79.4 Å². The molecular weight excluding hydrogens is 600 g/mol. The SMILES string of the molecule is CC=C(C)C(=O)OC1C(C)(C)C(C(OC(C)=O)C(=O)OC)C2(C)C(=O)C1(O)C1OC13C1CC(=O)OC(c4ccoc4)C1(C)CCC23. The van der Waals surface area contributed by atoms with Crippen LogP contribution in [0.15, 0.2) is 34.7 Å². The van der Waals surface area contributed by atoms with Gasteiger partial charge in [0.15, 0.2) is 11.4 Å². The molecule has 1 aromatic rings. The molecule has 5 aliphatic rings. The summed E-state index contributed by atoms with van der Waals surface area (Å²) in [5, 5.41) is 12.8. The minimum absolute atomic E-state index is 0.0429. The molecule has 2 saturated heterocycles. The molecule has 0 amide bonds. The Bertz CT molecular complexity index is 1530. The zero-order chi connectivity index (χ0) is 33.8. The lowest BCUT2D eigenvalue weighted by Gasteiger charge is -2.67. The van der Waals surface area contributed by atoms with Gasteiger partial charge < -0.3 is 33.2 Å². The van der Waals surface area contributed by atoms with Crippen molar-refractivity contribution in [1.82, 2.24) is 0 Å². The molecule has 0 aromatic carbocycles. The van der Waals surface area contributed by atoms with Crippen molar-refractivity contribution >= 4 is 29.7 Å². The first-order valence-corrected chi connectivity index (χ1v) is 15.7. The van der Waals surface area contributed by atoms with Gasteiger partial charge in [-0.2, -0.15) is 0 Å². The van der Waals surface area contributed by atoms with E-state index in [-0.39, 0.29) is 12.0 Å². The maximum Gasteiger partial charge on any atom is 0.347 e. The van der Waals surface area contributed by atoms with E-state index < -0.39 is 99.3 Å². The molecule has 1 N–H and O–H groups in total. The second-order valence-corrected chi connectivity index (χ2v) is 14.7. The quantitative estimate of drug-likeness (QED) is 0.208. The first-order valence-electron chi connectivity index (χ1n) is 15.7. The zero-order valence-corrected chi connectivity index (χ0v) is 27.4. The summed E-state index contributed by atoms with van der Waals surface area (Å²) in [6.45, 7) is 11.4. The number of esters is 4. The van der Waals surface area contributed by atoms with Gasteiger partial charge in [0.25, 0.3) is 0 Å². The molecule has 2 aliphatic heterocycles. The Labute approximate surface area is 267 Å². The Hall–Kier alpha value is -3.51. The van der Waals surface area contributed by atoms with E-state index in [0.29, 0.717) is 18.4 Å². The average Bonchev–Trinajstić information content (AvgIpc) is 3.49. The number of allylic oxidation sites excluding steroid dienone is 1. The summed E-state index contributed by atoms with van der Waals surface area (Å²) in [4.78, 5) is 67.6. The van der Waals surface area contributed by atoms with Crippen LogP contribution in [0.4, 0.5) is 0 Å². The Balaban J connectivity index is 1.58. The molecule has 3 aliphatic carbocycles. The highest BCUT2D eigenvalue weighted by Crippen LogP contribution is 2.78. The van der Waals surface area contributed by atoms with Crippen LogP contribution in [0.25, 0.3) is 0 Å². The summed E-state index contributed by atoms with van der Waals surface area (Å²) in [7, 11) is 1.15. The minimum Gasteiger partial charge on any atom is -0.472 e. The number of hydrogen-bond acceptors (Lipinski definition) is 12. The molecule has 3 heterocycles. The Morgan fingerprint density at radius 2 is 1.80 bits per heavy atom. The van der Waals surface area contributed by atoms with Gasteiger partial charge in [-0.05, 0) is 32.8 Å². The molecule has 12 heteroatoms. The number of methoxy groups -OCH3 is 1. The molecule has 5 fully saturated rings. The van der Waals surface area contributed by atoms with Gasteiger partial charge in [-0.3, -0.25) is 14.4 Å². The fraction of sp³-hybridized carbons (Fsp3) is 0.676. The smallest absolute Gasteiger partial charge is 0.347 e. The second kappa shape index (κ2) is 10.2. The summed E-state index contributed by atoms with van der Waals surface area (Å²) in [5.74, 6) is -5.86. The fourth-order valence-corrected chi connectivity index (χ4v) is 10.2. The largest absolute Gasteiger partial charge is 0.472 e. The van der Waals surface area contributed by atoms with Crippen molar-refractivity contribution in [2.45, 2.75) is 103 Å². The number of aliphatic hydroxyl groups is 1. The van der Waals surface area contributed by atoms with E-state index in [0.717, 1.165) is 14.0 Å².